The van der Waals surface area contributed by atoms with Gasteiger partial charge in [0, 0.05) is 38.3 Å². The molecule has 0 saturated carbocycles. The van der Waals surface area contributed by atoms with Crippen molar-refractivity contribution in [2.45, 2.75) is 38.8 Å². The molecule has 0 atom stereocenters. The number of hydrogen-bond donors (Lipinski definition) is 2. The van der Waals surface area contributed by atoms with Gasteiger partial charge in [-0.15, -0.1) is 0 Å². The van der Waals surface area contributed by atoms with Crippen LogP contribution in [0.4, 0.5) is 0 Å². The van der Waals surface area contributed by atoms with Gasteiger partial charge >= 0.3 is 0 Å². The van der Waals surface area contributed by atoms with Gasteiger partial charge in [-0.05, 0) is 38.8 Å². The van der Waals surface area contributed by atoms with Crippen LogP contribution in [0.2, 0.25) is 0 Å². The van der Waals surface area contributed by atoms with Crippen molar-refractivity contribution in [3.05, 3.63) is 18.2 Å². The fourth-order valence-corrected chi connectivity index (χ4v) is 3.25. The zero-order chi connectivity index (χ0) is 18.4. The first kappa shape index (κ1) is 18.6. The zero-order valence-electron chi connectivity index (χ0n) is 16.0. The van der Waals surface area contributed by atoms with Crippen LogP contribution in [0.15, 0.2) is 23.2 Å². The van der Waals surface area contributed by atoms with Crippen molar-refractivity contribution in [2.24, 2.45) is 4.99 Å². The molecule has 0 unspecified atom stereocenters. The molecule has 3 rings (SSSR count). The largest absolute Gasteiger partial charge is 0.492 e. The predicted octanol–water partition coefficient (Wildman–Crippen LogP) is 1.83. The number of guanidine groups is 1. The number of rotatable bonds is 6. The van der Waals surface area contributed by atoms with Crippen LogP contribution >= 0.6 is 0 Å². The van der Waals surface area contributed by atoms with Gasteiger partial charge in [-0.2, -0.15) is 0 Å². The minimum Gasteiger partial charge on any atom is -0.492 e. The first-order valence-electron chi connectivity index (χ1n) is 9.39. The summed E-state index contributed by atoms with van der Waals surface area (Å²) >= 11 is 0. The minimum atomic E-state index is 0.276. The molecule has 1 aromatic carbocycles. The van der Waals surface area contributed by atoms with Crippen molar-refractivity contribution in [3.63, 3.8) is 0 Å². The van der Waals surface area contributed by atoms with E-state index in [0.717, 1.165) is 49.1 Å². The van der Waals surface area contributed by atoms with Gasteiger partial charge in [0.2, 0.25) is 6.79 Å². The van der Waals surface area contributed by atoms with Gasteiger partial charge in [0.1, 0.15) is 12.4 Å². The highest BCUT2D eigenvalue weighted by molar-refractivity contribution is 5.79. The van der Waals surface area contributed by atoms with Crippen LogP contribution in [-0.2, 0) is 0 Å². The molecule has 0 spiro atoms. The van der Waals surface area contributed by atoms with Crippen LogP contribution in [0, 0.1) is 0 Å². The van der Waals surface area contributed by atoms with E-state index in [1.165, 1.54) is 0 Å². The normalized spacial score (nSPS) is 18.2. The average Bonchev–Trinajstić information content (AvgIpc) is 3.12. The number of hydrogen-bond acceptors (Lipinski definition) is 5. The van der Waals surface area contributed by atoms with E-state index in [9.17, 15) is 0 Å². The van der Waals surface area contributed by atoms with E-state index in [-0.39, 0.29) is 6.79 Å². The summed E-state index contributed by atoms with van der Waals surface area (Å²) in [6.07, 6.45) is 2.29. The molecule has 1 fully saturated rings. The van der Waals surface area contributed by atoms with Gasteiger partial charge in [0.05, 0.1) is 6.54 Å². The Hall–Kier alpha value is -2.15. The summed E-state index contributed by atoms with van der Waals surface area (Å²) in [4.78, 5) is 6.84. The van der Waals surface area contributed by atoms with Gasteiger partial charge in [0.15, 0.2) is 17.5 Å². The molecule has 0 aromatic heterocycles. The highest BCUT2D eigenvalue weighted by Gasteiger charge is 2.21. The fourth-order valence-electron chi connectivity index (χ4n) is 3.25. The van der Waals surface area contributed by atoms with Crippen molar-refractivity contribution >= 4 is 5.96 Å². The zero-order valence-corrected chi connectivity index (χ0v) is 16.0. The summed E-state index contributed by atoms with van der Waals surface area (Å²) in [5, 5.41) is 6.84. The van der Waals surface area contributed by atoms with E-state index >= 15 is 0 Å². The van der Waals surface area contributed by atoms with Gasteiger partial charge in [-0.3, -0.25) is 4.99 Å². The van der Waals surface area contributed by atoms with E-state index in [1.54, 1.807) is 7.05 Å². The second kappa shape index (κ2) is 8.98. The number of benzene rings is 1. The Labute approximate surface area is 155 Å². The summed E-state index contributed by atoms with van der Waals surface area (Å²) in [5.74, 6) is 3.12. The van der Waals surface area contributed by atoms with Gasteiger partial charge < -0.3 is 29.7 Å². The van der Waals surface area contributed by atoms with Crippen LogP contribution in [0.1, 0.15) is 26.7 Å². The average molecular weight is 362 g/mol. The maximum Gasteiger partial charge on any atom is 0.231 e. The number of nitrogens with one attached hydrogen (secondary N) is 2. The SMILES string of the molecule is CN=C(NCCOc1ccc2c(c1)OCO2)NC1CCN(C(C)C)CC1. The molecule has 0 bridgehead atoms. The van der Waals surface area contributed by atoms with Crippen molar-refractivity contribution < 1.29 is 14.2 Å². The number of likely N-dealkylation sites (tertiary alicyclic amines) is 1. The summed E-state index contributed by atoms with van der Waals surface area (Å²) in [5.41, 5.74) is 0. The monoisotopic (exact) mass is 362 g/mol. The molecular formula is C19H30N4O3. The molecular weight excluding hydrogens is 332 g/mol. The lowest BCUT2D eigenvalue weighted by Gasteiger charge is -2.35. The smallest absolute Gasteiger partial charge is 0.231 e. The maximum absolute atomic E-state index is 5.77. The molecule has 2 heterocycles. The summed E-state index contributed by atoms with van der Waals surface area (Å²) in [7, 11) is 1.80. The summed E-state index contributed by atoms with van der Waals surface area (Å²) < 4.78 is 16.4. The summed E-state index contributed by atoms with van der Waals surface area (Å²) in [6.45, 7) is 8.30. The third kappa shape index (κ3) is 4.94. The Morgan fingerprint density at radius 1 is 1.27 bits per heavy atom. The quantitative estimate of drug-likeness (QED) is 0.457. The molecule has 1 saturated heterocycles. The minimum absolute atomic E-state index is 0.276. The third-order valence-electron chi connectivity index (χ3n) is 4.83. The molecule has 7 nitrogen and oxygen atoms in total. The lowest BCUT2D eigenvalue weighted by atomic mass is 10.0. The van der Waals surface area contributed by atoms with Crippen LogP contribution < -0.4 is 24.8 Å². The Bertz CT molecular complexity index is 613. The fraction of sp³-hybridized carbons (Fsp3) is 0.632. The number of aliphatic imine (C=N–C) groups is 1. The van der Waals surface area contributed by atoms with Crippen LogP contribution in [0.3, 0.4) is 0 Å². The molecule has 7 heteroatoms. The van der Waals surface area contributed by atoms with Crippen molar-refractivity contribution in [3.8, 4) is 17.2 Å². The van der Waals surface area contributed by atoms with Gasteiger partial charge in [-0.25, -0.2) is 0 Å². The Morgan fingerprint density at radius 2 is 2.04 bits per heavy atom. The van der Waals surface area contributed by atoms with Crippen molar-refractivity contribution in [1.29, 1.82) is 0 Å². The number of fused-ring (bicyclic) bond motifs is 1. The summed E-state index contributed by atoms with van der Waals surface area (Å²) in [6, 6.07) is 6.73. The van der Waals surface area contributed by atoms with E-state index in [4.69, 9.17) is 14.2 Å². The third-order valence-corrected chi connectivity index (χ3v) is 4.83. The van der Waals surface area contributed by atoms with Crippen LogP contribution in [0.5, 0.6) is 17.2 Å². The molecule has 2 N–H and O–H groups in total. The lowest BCUT2D eigenvalue weighted by molar-refractivity contribution is 0.167. The van der Waals surface area contributed by atoms with E-state index < -0.39 is 0 Å². The molecule has 1 aromatic rings. The molecule has 26 heavy (non-hydrogen) atoms. The first-order chi connectivity index (χ1) is 12.7. The Morgan fingerprint density at radius 3 is 2.77 bits per heavy atom. The number of piperidine rings is 1. The van der Waals surface area contributed by atoms with Gasteiger partial charge in [-0.1, -0.05) is 0 Å². The second-order valence-electron chi connectivity index (χ2n) is 6.91. The van der Waals surface area contributed by atoms with Crippen molar-refractivity contribution in [1.82, 2.24) is 15.5 Å². The Balaban J connectivity index is 1.36. The molecule has 0 amide bonds. The second-order valence-corrected chi connectivity index (χ2v) is 6.91. The lowest BCUT2D eigenvalue weighted by Crippen LogP contribution is -2.50. The highest BCUT2D eigenvalue weighted by Crippen LogP contribution is 2.34. The van der Waals surface area contributed by atoms with E-state index in [1.807, 2.05) is 18.2 Å². The topological polar surface area (TPSA) is 67.4 Å². The number of nitrogens with zero attached hydrogens (tertiary/aromatic N) is 2. The molecule has 2 aliphatic rings. The van der Waals surface area contributed by atoms with Crippen LogP contribution in [-0.4, -0.2) is 63.0 Å². The predicted molar refractivity (Wildman–Crippen MR) is 102 cm³/mol. The van der Waals surface area contributed by atoms with Crippen molar-refractivity contribution in [2.75, 3.05) is 40.1 Å². The van der Waals surface area contributed by atoms with E-state index in [0.29, 0.717) is 25.2 Å². The molecule has 0 radical (unpaired) electrons. The molecule has 2 aliphatic heterocycles. The Kier molecular flexibility index (Phi) is 6.44. The number of ether oxygens (including phenoxy) is 3. The van der Waals surface area contributed by atoms with E-state index in [2.05, 4.69) is 34.4 Å². The standard InChI is InChI=1S/C19H30N4O3/c1-14(2)23-9-6-15(7-10-23)22-19(20-3)21-8-11-24-16-4-5-17-18(12-16)26-13-25-17/h4-5,12,14-15H,6-11,13H2,1-3H3,(H2,20,21,22). The molecule has 0 aliphatic carbocycles. The maximum atomic E-state index is 5.77. The molecule has 144 valence electrons. The highest BCUT2D eigenvalue weighted by atomic mass is 16.7. The first-order valence-corrected chi connectivity index (χ1v) is 9.39. The van der Waals surface area contributed by atoms with Crippen LogP contribution in [0.25, 0.3) is 0 Å². The van der Waals surface area contributed by atoms with Gasteiger partial charge in [0.25, 0.3) is 0 Å².